The zero-order valence-corrected chi connectivity index (χ0v) is 18.4. The SMILES string of the molecule is CC(F)(F)c1nnc2n1CCN(C(=O)c1cc(Cc3n[nH]c(=O)c4cc(F)ccc34)ccc1F)C2. The van der Waals surface area contributed by atoms with Gasteiger partial charge in [-0.3, -0.25) is 9.59 Å². The summed E-state index contributed by atoms with van der Waals surface area (Å²) in [6.07, 6.45) is 0.142. The van der Waals surface area contributed by atoms with Gasteiger partial charge in [-0.2, -0.15) is 13.9 Å². The van der Waals surface area contributed by atoms with Gasteiger partial charge in [0.25, 0.3) is 11.5 Å². The number of benzene rings is 2. The molecule has 4 aromatic rings. The van der Waals surface area contributed by atoms with Gasteiger partial charge in [-0.1, -0.05) is 6.07 Å². The van der Waals surface area contributed by atoms with Gasteiger partial charge < -0.3 is 9.47 Å². The lowest BCUT2D eigenvalue weighted by molar-refractivity contribution is 0.00229. The summed E-state index contributed by atoms with van der Waals surface area (Å²) in [5.41, 5.74) is 0.216. The van der Waals surface area contributed by atoms with Gasteiger partial charge in [-0.25, -0.2) is 13.9 Å². The Labute approximate surface area is 195 Å². The number of rotatable bonds is 4. The van der Waals surface area contributed by atoms with Gasteiger partial charge in [-0.05, 0) is 35.9 Å². The van der Waals surface area contributed by atoms with Crippen molar-refractivity contribution in [2.75, 3.05) is 6.54 Å². The first kappa shape index (κ1) is 22.7. The summed E-state index contributed by atoms with van der Waals surface area (Å²) < 4.78 is 56.9. The number of nitrogens with one attached hydrogen (secondary N) is 1. The van der Waals surface area contributed by atoms with Crippen LogP contribution in [0, 0.1) is 11.6 Å². The maximum absolute atomic E-state index is 14.6. The molecule has 2 aromatic carbocycles. The summed E-state index contributed by atoms with van der Waals surface area (Å²) in [7, 11) is 0. The van der Waals surface area contributed by atoms with E-state index in [-0.39, 0.29) is 42.8 Å². The molecule has 35 heavy (non-hydrogen) atoms. The van der Waals surface area contributed by atoms with E-state index in [2.05, 4.69) is 20.4 Å². The van der Waals surface area contributed by atoms with Crippen LogP contribution in [0.1, 0.15) is 40.2 Å². The molecule has 1 amide bonds. The minimum absolute atomic E-state index is 0.0536. The number of H-pyrrole nitrogens is 1. The average Bonchev–Trinajstić information content (AvgIpc) is 3.26. The minimum atomic E-state index is -3.18. The van der Waals surface area contributed by atoms with Crippen LogP contribution in [0.2, 0.25) is 0 Å². The minimum Gasteiger partial charge on any atom is -0.329 e. The highest BCUT2D eigenvalue weighted by Gasteiger charge is 2.35. The van der Waals surface area contributed by atoms with Gasteiger partial charge in [0.1, 0.15) is 11.6 Å². The molecule has 3 heterocycles. The summed E-state index contributed by atoms with van der Waals surface area (Å²) in [5.74, 6) is -5.40. The van der Waals surface area contributed by atoms with E-state index in [9.17, 15) is 27.2 Å². The normalized spacial score (nSPS) is 13.8. The van der Waals surface area contributed by atoms with E-state index in [1.807, 2.05) is 0 Å². The molecule has 0 unspecified atom stereocenters. The summed E-state index contributed by atoms with van der Waals surface area (Å²) in [4.78, 5) is 26.4. The van der Waals surface area contributed by atoms with Crippen molar-refractivity contribution in [3.05, 3.63) is 86.9 Å². The fraction of sp³-hybridized carbons (Fsp3) is 0.261. The Bertz CT molecular complexity index is 1520. The third-order valence-corrected chi connectivity index (χ3v) is 5.90. The molecule has 5 rings (SSSR count). The third-order valence-electron chi connectivity index (χ3n) is 5.90. The molecule has 0 spiro atoms. The van der Waals surface area contributed by atoms with Crippen LogP contribution in [-0.2, 0) is 25.4 Å². The third kappa shape index (κ3) is 4.15. The van der Waals surface area contributed by atoms with E-state index >= 15 is 0 Å². The fourth-order valence-corrected chi connectivity index (χ4v) is 4.20. The van der Waals surface area contributed by atoms with Gasteiger partial charge in [-0.15, -0.1) is 10.2 Å². The highest BCUT2D eigenvalue weighted by Crippen LogP contribution is 2.28. The lowest BCUT2D eigenvalue weighted by Crippen LogP contribution is -2.39. The number of aromatic nitrogens is 5. The molecule has 0 bridgehead atoms. The number of halogens is 4. The number of alkyl halides is 2. The van der Waals surface area contributed by atoms with E-state index in [0.717, 1.165) is 19.1 Å². The van der Waals surface area contributed by atoms with Crippen molar-refractivity contribution in [1.82, 2.24) is 29.9 Å². The van der Waals surface area contributed by atoms with Crippen LogP contribution < -0.4 is 5.56 Å². The lowest BCUT2D eigenvalue weighted by Gasteiger charge is -2.28. The van der Waals surface area contributed by atoms with Crippen LogP contribution in [-0.4, -0.2) is 42.3 Å². The number of hydrogen-bond donors (Lipinski definition) is 1. The van der Waals surface area contributed by atoms with Gasteiger partial charge in [0.2, 0.25) is 5.82 Å². The molecule has 1 aliphatic rings. The Morgan fingerprint density at radius 2 is 1.89 bits per heavy atom. The molecule has 0 saturated heterocycles. The van der Waals surface area contributed by atoms with Crippen molar-refractivity contribution in [1.29, 1.82) is 0 Å². The number of aromatic amines is 1. The van der Waals surface area contributed by atoms with Crippen LogP contribution in [0.25, 0.3) is 10.8 Å². The van der Waals surface area contributed by atoms with E-state index in [0.29, 0.717) is 16.6 Å². The molecular formula is C23H18F4N6O2. The predicted molar refractivity (Wildman–Crippen MR) is 116 cm³/mol. The summed E-state index contributed by atoms with van der Waals surface area (Å²) in [6.45, 7) is 0.759. The van der Waals surface area contributed by atoms with E-state index in [1.54, 1.807) is 0 Å². The number of carbonyl (C=O) groups excluding carboxylic acids is 1. The number of carbonyl (C=O) groups is 1. The molecule has 0 atom stereocenters. The molecule has 8 nitrogen and oxygen atoms in total. The maximum Gasteiger partial charge on any atom is 0.304 e. The second-order valence-electron chi connectivity index (χ2n) is 8.39. The lowest BCUT2D eigenvalue weighted by atomic mass is 10.0. The summed E-state index contributed by atoms with van der Waals surface area (Å²) in [5, 5.41) is 14.2. The first-order valence-corrected chi connectivity index (χ1v) is 10.7. The Morgan fingerprint density at radius 1 is 1.09 bits per heavy atom. The monoisotopic (exact) mass is 486 g/mol. The van der Waals surface area contributed by atoms with Crippen LogP contribution in [0.4, 0.5) is 17.6 Å². The second-order valence-corrected chi connectivity index (χ2v) is 8.39. The molecule has 180 valence electrons. The highest BCUT2D eigenvalue weighted by molar-refractivity contribution is 5.94. The van der Waals surface area contributed by atoms with Crippen LogP contribution in [0.3, 0.4) is 0 Å². The van der Waals surface area contributed by atoms with Crippen molar-refractivity contribution >= 4 is 16.7 Å². The van der Waals surface area contributed by atoms with Crippen LogP contribution in [0.5, 0.6) is 0 Å². The van der Waals surface area contributed by atoms with Crippen molar-refractivity contribution in [3.63, 3.8) is 0 Å². The first-order valence-electron chi connectivity index (χ1n) is 10.7. The zero-order chi connectivity index (χ0) is 24.9. The maximum atomic E-state index is 14.6. The van der Waals surface area contributed by atoms with Crippen molar-refractivity contribution < 1.29 is 22.4 Å². The standard InChI is InChI=1S/C23H18F4N6O2/c1-23(26,27)22-31-29-19-11-32(6-7-33(19)22)21(35)16-8-12(2-5-17(16)25)9-18-14-4-3-13(24)10-15(14)20(34)30-28-18/h2-5,8,10H,6-7,9,11H2,1H3,(H,30,34). The van der Waals surface area contributed by atoms with Crippen LogP contribution >= 0.6 is 0 Å². The van der Waals surface area contributed by atoms with Crippen molar-refractivity contribution in [2.45, 2.75) is 32.4 Å². The zero-order valence-electron chi connectivity index (χ0n) is 18.4. The summed E-state index contributed by atoms with van der Waals surface area (Å²) >= 11 is 0. The molecule has 0 fully saturated rings. The first-order chi connectivity index (χ1) is 16.6. The molecule has 2 aromatic heterocycles. The van der Waals surface area contributed by atoms with E-state index in [1.165, 1.54) is 33.7 Å². The Morgan fingerprint density at radius 3 is 2.66 bits per heavy atom. The van der Waals surface area contributed by atoms with Gasteiger partial charge in [0, 0.05) is 31.8 Å². The summed E-state index contributed by atoms with van der Waals surface area (Å²) in [6, 6.07) is 7.77. The Balaban J connectivity index is 1.42. The average molecular weight is 486 g/mol. The molecule has 12 heteroatoms. The van der Waals surface area contributed by atoms with Crippen molar-refractivity contribution in [2.24, 2.45) is 0 Å². The molecule has 0 aliphatic carbocycles. The second kappa shape index (κ2) is 8.29. The number of hydrogen-bond acceptors (Lipinski definition) is 5. The molecular weight excluding hydrogens is 468 g/mol. The predicted octanol–water partition coefficient (Wildman–Crippen LogP) is 3.15. The van der Waals surface area contributed by atoms with Crippen LogP contribution in [0.15, 0.2) is 41.2 Å². The van der Waals surface area contributed by atoms with E-state index < -0.39 is 34.8 Å². The number of nitrogens with zero attached hydrogens (tertiary/aromatic N) is 5. The Kier molecular flexibility index (Phi) is 5.37. The Hall–Kier alpha value is -4.09. The van der Waals surface area contributed by atoms with Gasteiger partial charge in [0.15, 0.2) is 5.82 Å². The highest BCUT2D eigenvalue weighted by atomic mass is 19.3. The van der Waals surface area contributed by atoms with Gasteiger partial charge >= 0.3 is 5.92 Å². The smallest absolute Gasteiger partial charge is 0.304 e. The molecule has 0 radical (unpaired) electrons. The van der Waals surface area contributed by atoms with E-state index in [4.69, 9.17) is 0 Å². The fourth-order valence-electron chi connectivity index (χ4n) is 4.20. The quantitative estimate of drug-likeness (QED) is 0.447. The van der Waals surface area contributed by atoms with Gasteiger partial charge in [0.05, 0.1) is 23.2 Å². The topological polar surface area (TPSA) is 96.8 Å². The largest absolute Gasteiger partial charge is 0.329 e. The molecule has 0 saturated carbocycles. The van der Waals surface area contributed by atoms with Crippen molar-refractivity contribution in [3.8, 4) is 0 Å². The number of fused-ring (bicyclic) bond motifs is 2. The molecule has 1 aliphatic heterocycles. The molecule has 1 N–H and O–H groups in total. The number of amides is 1.